The highest BCUT2D eigenvalue weighted by Crippen LogP contribution is 2.22. The van der Waals surface area contributed by atoms with Crippen molar-refractivity contribution in [2.45, 2.75) is 32.7 Å². The normalized spacial score (nSPS) is 13.7. The number of benzene rings is 2. The van der Waals surface area contributed by atoms with Crippen LogP contribution in [0.15, 0.2) is 48.5 Å². The molecular weight excluding hydrogens is 328 g/mol. The van der Waals surface area contributed by atoms with Gasteiger partial charge in [0.25, 0.3) is 11.8 Å². The van der Waals surface area contributed by atoms with E-state index in [0.717, 1.165) is 10.5 Å². The van der Waals surface area contributed by atoms with Gasteiger partial charge in [0.05, 0.1) is 11.1 Å². The number of hydrogen-bond donors (Lipinski definition) is 1. The molecular formula is C21H22N2O3. The molecule has 0 aliphatic carbocycles. The van der Waals surface area contributed by atoms with Crippen LogP contribution in [0.1, 0.15) is 45.7 Å². The molecule has 26 heavy (non-hydrogen) atoms. The Morgan fingerprint density at radius 3 is 2.04 bits per heavy atom. The van der Waals surface area contributed by atoms with Gasteiger partial charge < -0.3 is 5.32 Å². The van der Waals surface area contributed by atoms with Crippen LogP contribution in [0.2, 0.25) is 0 Å². The maximum Gasteiger partial charge on any atom is 0.262 e. The van der Waals surface area contributed by atoms with E-state index < -0.39 is 17.4 Å². The molecule has 0 radical (unpaired) electrons. The van der Waals surface area contributed by atoms with E-state index in [1.165, 1.54) is 5.56 Å². The Morgan fingerprint density at radius 1 is 0.962 bits per heavy atom. The summed E-state index contributed by atoms with van der Waals surface area (Å²) in [6.45, 7) is 5.60. The van der Waals surface area contributed by atoms with Gasteiger partial charge >= 0.3 is 0 Å². The molecule has 0 fully saturated rings. The first-order chi connectivity index (χ1) is 12.3. The second-order valence-electron chi connectivity index (χ2n) is 7.34. The Hall–Kier alpha value is -2.95. The summed E-state index contributed by atoms with van der Waals surface area (Å²) in [4.78, 5) is 38.2. The van der Waals surface area contributed by atoms with Crippen molar-refractivity contribution in [1.82, 2.24) is 10.2 Å². The minimum atomic E-state index is -0.495. The third-order valence-corrected chi connectivity index (χ3v) is 4.42. The number of hydrogen-bond acceptors (Lipinski definition) is 3. The van der Waals surface area contributed by atoms with Crippen molar-refractivity contribution in [3.63, 3.8) is 0 Å². The van der Waals surface area contributed by atoms with E-state index >= 15 is 0 Å². The first kappa shape index (κ1) is 17.9. The van der Waals surface area contributed by atoms with Crippen LogP contribution >= 0.6 is 0 Å². The molecule has 3 amide bonds. The third-order valence-electron chi connectivity index (χ3n) is 4.42. The molecule has 0 atom stereocenters. The predicted octanol–water partition coefficient (Wildman–Crippen LogP) is 2.73. The van der Waals surface area contributed by atoms with Gasteiger partial charge in [-0.3, -0.25) is 19.3 Å². The van der Waals surface area contributed by atoms with Crippen molar-refractivity contribution in [2.24, 2.45) is 0 Å². The zero-order valence-corrected chi connectivity index (χ0v) is 15.2. The lowest BCUT2D eigenvalue weighted by atomic mass is 9.94. The Bertz CT molecular complexity index is 834. The van der Waals surface area contributed by atoms with Crippen molar-refractivity contribution in [1.29, 1.82) is 0 Å². The van der Waals surface area contributed by atoms with Crippen molar-refractivity contribution in [2.75, 3.05) is 6.54 Å². The third kappa shape index (κ3) is 3.67. The van der Waals surface area contributed by atoms with Crippen LogP contribution in [0.25, 0.3) is 0 Å². The van der Waals surface area contributed by atoms with Crippen molar-refractivity contribution in [3.8, 4) is 0 Å². The largest absolute Gasteiger partial charge is 0.349 e. The van der Waals surface area contributed by atoms with Gasteiger partial charge in [0.15, 0.2) is 0 Å². The number of nitrogens with zero attached hydrogens (tertiary/aromatic N) is 1. The maximum absolute atomic E-state index is 12.4. The molecule has 1 aliphatic rings. The Balaban J connectivity index is 1.64. The second kappa shape index (κ2) is 6.75. The standard InChI is InChI=1S/C21H22N2O3/c1-14-8-10-15(11-9-14)12-21(2,3)22-18(24)13-23-19(25)16-6-4-5-7-17(16)20(23)26/h4-11H,12-13H2,1-3H3,(H,22,24). The van der Waals surface area contributed by atoms with Gasteiger partial charge in [0.1, 0.15) is 6.54 Å². The number of aryl methyl sites for hydroxylation is 1. The first-order valence-corrected chi connectivity index (χ1v) is 8.59. The van der Waals surface area contributed by atoms with E-state index in [2.05, 4.69) is 5.32 Å². The molecule has 1 heterocycles. The highest BCUT2D eigenvalue weighted by atomic mass is 16.2. The summed E-state index contributed by atoms with van der Waals surface area (Å²) in [6, 6.07) is 14.8. The summed E-state index contributed by atoms with van der Waals surface area (Å²) >= 11 is 0. The molecule has 0 saturated carbocycles. The van der Waals surface area contributed by atoms with Crippen LogP contribution in [0.5, 0.6) is 0 Å². The highest BCUT2D eigenvalue weighted by molar-refractivity contribution is 6.22. The number of nitrogens with one attached hydrogen (secondary N) is 1. The van der Waals surface area contributed by atoms with Gasteiger partial charge in [-0.1, -0.05) is 42.0 Å². The topological polar surface area (TPSA) is 66.5 Å². The molecule has 5 nitrogen and oxygen atoms in total. The van der Waals surface area contributed by atoms with Gasteiger partial charge in [-0.25, -0.2) is 0 Å². The lowest BCUT2D eigenvalue weighted by Gasteiger charge is -2.27. The van der Waals surface area contributed by atoms with Gasteiger partial charge in [0.2, 0.25) is 5.91 Å². The van der Waals surface area contributed by atoms with Crippen LogP contribution in [0.4, 0.5) is 0 Å². The minimum Gasteiger partial charge on any atom is -0.349 e. The molecule has 0 saturated heterocycles. The summed E-state index contributed by atoms with van der Waals surface area (Å²) in [5, 5.41) is 2.93. The number of imide groups is 1. The van der Waals surface area contributed by atoms with Crippen molar-refractivity contribution in [3.05, 3.63) is 70.8 Å². The van der Waals surface area contributed by atoms with E-state index in [4.69, 9.17) is 0 Å². The molecule has 5 heteroatoms. The lowest BCUT2D eigenvalue weighted by molar-refractivity contribution is -0.123. The molecule has 0 unspecified atom stereocenters. The average Bonchev–Trinajstić information content (AvgIpc) is 2.82. The summed E-state index contributed by atoms with van der Waals surface area (Å²) in [5.74, 6) is -1.19. The van der Waals surface area contributed by atoms with Crippen LogP contribution in [-0.4, -0.2) is 34.7 Å². The van der Waals surface area contributed by atoms with E-state index in [0.29, 0.717) is 17.5 Å². The van der Waals surface area contributed by atoms with E-state index in [1.54, 1.807) is 24.3 Å². The quantitative estimate of drug-likeness (QED) is 0.843. The van der Waals surface area contributed by atoms with E-state index in [9.17, 15) is 14.4 Å². The fraction of sp³-hybridized carbons (Fsp3) is 0.286. The molecule has 2 aromatic rings. The van der Waals surface area contributed by atoms with Crippen molar-refractivity contribution >= 4 is 17.7 Å². The molecule has 2 aromatic carbocycles. The van der Waals surface area contributed by atoms with Gasteiger partial charge in [-0.05, 0) is 44.9 Å². The summed E-state index contributed by atoms with van der Waals surface area (Å²) in [7, 11) is 0. The van der Waals surface area contributed by atoms with Crippen LogP contribution < -0.4 is 5.32 Å². The smallest absolute Gasteiger partial charge is 0.262 e. The maximum atomic E-state index is 12.4. The zero-order valence-electron chi connectivity index (χ0n) is 15.2. The van der Waals surface area contributed by atoms with Crippen LogP contribution in [-0.2, 0) is 11.2 Å². The van der Waals surface area contributed by atoms with E-state index in [-0.39, 0.29) is 12.5 Å². The number of fused-ring (bicyclic) bond motifs is 1. The molecule has 134 valence electrons. The molecule has 0 spiro atoms. The Kier molecular flexibility index (Phi) is 4.64. The summed E-state index contributed by atoms with van der Waals surface area (Å²) in [5.41, 5.74) is 2.50. The summed E-state index contributed by atoms with van der Waals surface area (Å²) < 4.78 is 0. The SMILES string of the molecule is Cc1ccc(CC(C)(C)NC(=O)CN2C(=O)c3ccccc3C2=O)cc1. The summed E-state index contributed by atoms with van der Waals surface area (Å²) in [6.07, 6.45) is 0.654. The zero-order chi connectivity index (χ0) is 18.9. The van der Waals surface area contributed by atoms with Crippen LogP contribution in [0, 0.1) is 6.92 Å². The fourth-order valence-electron chi connectivity index (χ4n) is 3.20. The van der Waals surface area contributed by atoms with Gasteiger partial charge in [0, 0.05) is 5.54 Å². The minimum absolute atomic E-state index is 0.274. The second-order valence-corrected chi connectivity index (χ2v) is 7.34. The van der Waals surface area contributed by atoms with E-state index in [1.807, 2.05) is 45.0 Å². The average molecular weight is 350 g/mol. The molecule has 1 N–H and O–H groups in total. The number of carbonyl (C=O) groups is 3. The van der Waals surface area contributed by atoms with Gasteiger partial charge in [-0.2, -0.15) is 0 Å². The molecule has 0 aromatic heterocycles. The number of rotatable bonds is 5. The van der Waals surface area contributed by atoms with Crippen LogP contribution in [0.3, 0.4) is 0 Å². The number of amides is 3. The predicted molar refractivity (Wildman–Crippen MR) is 98.9 cm³/mol. The van der Waals surface area contributed by atoms with Gasteiger partial charge in [-0.15, -0.1) is 0 Å². The number of carbonyl (C=O) groups excluding carboxylic acids is 3. The first-order valence-electron chi connectivity index (χ1n) is 8.59. The molecule has 1 aliphatic heterocycles. The Morgan fingerprint density at radius 2 is 1.50 bits per heavy atom. The Labute approximate surface area is 153 Å². The fourth-order valence-corrected chi connectivity index (χ4v) is 3.20. The lowest BCUT2D eigenvalue weighted by Crippen LogP contribution is -2.49. The van der Waals surface area contributed by atoms with Crippen molar-refractivity contribution < 1.29 is 14.4 Å². The highest BCUT2D eigenvalue weighted by Gasteiger charge is 2.36. The monoisotopic (exact) mass is 350 g/mol. The molecule has 3 rings (SSSR count). The molecule has 0 bridgehead atoms.